The first-order chi connectivity index (χ1) is 12.9. The number of aromatic hydroxyl groups is 2. The molecule has 0 spiro atoms. The van der Waals surface area contributed by atoms with E-state index in [-0.39, 0.29) is 33.9 Å². The van der Waals surface area contributed by atoms with Gasteiger partial charge in [0.2, 0.25) is 11.5 Å². The summed E-state index contributed by atoms with van der Waals surface area (Å²) in [7, 11) is 4.05. The molecule has 0 saturated carbocycles. The Labute approximate surface area is 154 Å². The zero-order valence-corrected chi connectivity index (χ0v) is 14.7. The van der Waals surface area contributed by atoms with E-state index in [4.69, 9.17) is 18.9 Å². The first kappa shape index (κ1) is 18.1. The molecule has 0 aliphatic carbocycles. The van der Waals surface area contributed by atoms with Crippen molar-refractivity contribution in [1.82, 2.24) is 0 Å². The molecule has 0 saturated heterocycles. The van der Waals surface area contributed by atoms with Crippen LogP contribution in [0.1, 0.15) is 26.3 Å². The fourth-order valence-electron chi connectivity index (χ4n) is 2.67. The molecule has 2 aromatic rings. The number of rotatable bonds is 4. The first-order valence-corrected chi connectivity index (χ1v) is 7.74. The second-order valence-corrected chi connectivity index (χ2v) is 5.53. The summed E-state index contributed by atoms with van der Waals surface area (Å²) in [6.45, 7) is 0. The molecule has 1 heterocycles. The van der Waals surface area contributed by atoms with Crippen molar-refractivity contribution >= 4 is 17.8 Å². The van der Waals surface area contributed by atoms with Crippen molar-refractivity contribution in [3.8, 4) is 28.7 Å². The molecule has 2 aromatic carbocycles. The average molecular weight is 372 g/mol. The highest BCUT2D eigenvalue weighted by Crippen LogP contribution is 2.44. The third-order valence-electron chi connectivity index (χ3n) is 4.04. The van der Waals surface area contributed by atoms with Crippen LogP contribution in [0, 0.1) is 0 Å². The van der Waals surface area contributed by atoms with E-state index >= 15 is 0 Å². The second kappa shape index (κ2) is 6.91. The smallest absolute Gasteiger partial charge is 0.338 e. The first-order valence-electron chi connectivity index (χ1n) is 7.74. The number of ether oxygens (including phenoxy) is 4. The zero-order valence-electron chi connectivity index (χ0n) is 14.7. The van der Waals surface area contributed by atoms with Gasteiger partial charge >= 0.3 is 5.97 Å². The topological polar surface area (TPSA) is 112 Å². The molecule has 1 aliphatic rings. The van der Waals surface area contributed by atoms with Crippen molar-refractivity contribution in [2.45, 2.75) is 0 Å². The molecule has 0 fully saturated rings. The van der Waals surface area contributed by atoms with Crippen LogP contribution in [0.4, 0.5) is 0 Å². The van der Waals surface area contributed by atoms with E-state index < -0.39 is 23.3 Å². The number of allylic oxidation sites excluding steroid dienone is 1. The van der Waals surface area contributed by atoms with E-state index in [0.29, 0.717) is 5.75 Å². The number of carbonyl (C=O) groups excluding carboxylic acids is 2. The Morgan fingerprint density at radius 3 is 2.48 bits per heavy atom. The standard InChI is InChI=1S/C19H16O8/c1-24-9-6-12(19(23)26-3)11(14(7-9)25-2)8-15-16(21)10-4-5-13(20)17(22)18(10)27-15/h4-8,20,22H,1-3H3/b15-8-. The van der Waals surface area contributed by atoms with Gasteiger partial charge in [-0.1, -0.05) is 0 Å². The number of Topliss-reactive ketones (excluding diaryl/α,β-unsaturated/α-hetero) is 1. The Morgan fingerprint density at radius 2 is 1.85 bits per heavy atom. The molecule has 8 nitrogen and oxygen atoms in total. The van der Waals surface area contributed by atoms with Crippen LogP contribution in [0.2, 0.25) is 0 Å². The minimum Gasteiger partial charge on any atom is -0.504 e. The van der Waals surface area contributed by atoms with Crippen LogP contribution in [-0.2, 0) is 4.74 Å². The van der Waals surface area contributed by atoms with Gasteiger partial charge < -0.3 is 29.2 Å². The maximum atomic E-state index is 12.6. The molecule has 0 radical (unpaired) electrons. The normalized spacial score (nSPS) is 13.9. The molecule has 140 valence electrons. The van der Waals surface area contributed by atoms with Gasteiger partial charge in [-0.15, -0.1) is 0 Å². The van der Waals surface area contributed by atoms with Crippen molar-refractivity contribution in [2.24, 2.45) is 0 Å². The molecule has 0 unspecified atom stereocenters. The summed E-state index contributed by atoms with van der Waals surface area (Å²) < 4.78 is 20.7. The summed E-state index contributed by atoms with van der Waals surface area (Å²) in [6, 6.07) is 5.50. The predicted molar refractivity (Wildman–Crippen MR) is 93.6 cm³/mol. The lowest BCUT2D eigenvalue weighted by Gasteiger charge is -2.12. The number of phenols is 2. The maximum absolute atomic E-state index is 12.6. The lowest BCUT2D eigenvalue weighted by molar-refractivity contribution is 0.0599. The number of fused-ring (bicyclic) bond motifs is 1. The van der Waals surface area contributed by atoms with Gasteiger partial charge in [-0.2, -0.15) is 0 Å². The van der Waals surface area contributed by atoms with Crippen LogP contribution < -0.4 is 14.2 Å². The minimum atomic E-state index is -0.664. The number of ketones is 1. The summed E-state index contributed by atoms with van der Waals surface area (Å²) in [5.41, 5.74) is 0.425. The molecule has 0 amide bonds. The van der Waals surface area contributed by atoms with Crippen LogP contribution in [0.25, 0.3) is 6.08 Å². The van der Waals surface area contributed by atoms with Gasteiger partial charge in [0.15, 0.2) is 17.3 Å². The van der Waals surface area contributed by atoms with Crippen molar-refractivity contribution in [3.63, 3.8) is 0 Å². The molecule has 27 heavy (non-hydrogen) atoms. The highest BCUT2D eigenvalue weighted by Gasteiger charge is 2.32. The van der Waals surface area contributed by atoms with Crippen LogP contribution in [0.15, 0.2) is 30.0 Å². The van der Waals surface area contributed by atoms with E-state index in [0.717, 1.165) is 0 Å². The van der Waals surface area contributed by atoms with E-state index in [1.165, 1.54) is 51.7 Å². The van der Waals surface area contributed by atoms with E-state index in [9.17, 15) is 19.8 Å². The number of phenolic OH excluding ortho intramolecular Hbond substituents is 2. The summed E-state index contributed by atoms with van der Waals surface area (Å²) in [4.78, 5) is 24.8. The van der Waals surface area contributed by atoms with Crippen LogP contribution in [0.3, 0.4) is 0 Å². The lowest BCUT2D eigenvalue weighted by Crippen LogP contribution is -2.07. The van der Waals surface area contributed by atoms with Gasteiger partial charge in [0.25, 0.3) is 0 Å². The Bertz CT molecular complexity index is 974. The number of esters is 1. The summed E-state index contributed by atoms with van der Waals surface area (Å²) in [6.07, 6.45) is 1.31. The van der Waals surface area contributed by atoms with Crippen molar-refractivity contribution in [3.05, 3.63) is 46.7 Å². The monoisotopic (exact) mass is 372 g/mol. The highest BCUT2D eigenvalue weighted by atomic mass is 16.5. The summed E-state index contributed by atoms with van der Waals surface area (Å²) in [5.74, 6) is -1.84. The molecule has 0 aromatic heterocycles. The molecule has 1 aliphatic heterocycles. The van der Waals surface area contributed by atoms with Gasteiger partial charge in [0.05, 0.1) is 32.5 Å². The average Bonchev–Trinajstić information content (AvgIpc) is 3.00. The lowest BCUT2D eigenvalue weighted by atomic mass is 10.0. The Balaban J connectivity index is 2.16. The fourth-order valence-corrected chi connectivity index (χ4v) is 2.67. The SMILES string of the molecule is COC(=O)c1cc(OC)cc(OC)c1/C=C1\Oc2c(ccc(O)c2O)C1=O. The Morgan fingerprint density at radius 1 is 1.11 bits per heavy atom. The van der Waals surface area contributed by atoms with Gasteiger partial charge in [0.1, 0.15) is 11.5 Å². The molecular weight excluding hydrogens is 356 g/mol. The maximum Gasteiger partial charge on any atom is 0.338 e. The van der Waals surface area contributed by atoms with Gasteiger partial charge in [-0.3, -0.25) is 4.79 Å². The molecule has 0 bridgehead atoms. The van der Waals surface area contributed by atoms with E-state index in [1.54, 1.807) is 0 Å². The summed E-state index contributed by atoms with van der Waals surface area (Å²) >= 11 is 0. The Kier molecular flexibility index (Phi) is 4.64. The van der Waals surface area contributed by atoms with Crippen LogP contribution in [0.5, 0.6) is 28.7 Å². The zero-order chi connectivity index (χ0) is 19.7. The number of hydrogen-bond acceptors (Lipinski definition) is 8. The highest BCUT2D eigenvalue weighted by molar-refractivity contribution is 6.15. The largest absolute Gasteiger partial charge is 0.504 e. The van der Waals surface area contributed by atoms with Crippen molar-refractivity contribution in [2.75, 3.05) is 21.3 Å². The minimum absolute atomic E-state index is 0.0867. The van der Waals surface area contributed by atoms with Gasteiger partial charge in [-0.05, 0) is 24.3 Å². The van der Waals surface area contributed by atoms with E-state index in [1.807, 2.05) is 0 Å². The number of carbonyl (C=O) groups is 2. The quantitative estimate of drug-likeness (QED) is 0.478. The fraction of sp³-hybridized carbons (Fsp3) is 0.158. The number of benzene rings is 2. The number of methoxy groups -OCH3 is 3. The van der Waals surface area contributed by atoms with Crippen molar-refractivity contribution < 1.29 is 38.7 Å². The molecular formula is C19H16O8. The Hall–Kier alpha value is -3.68. The third kappa shape index (κ3) is 3.01. The molecule has 0 atom stereocenters. The van der Waals surface area contributed by atoms with Crippen LogP contribution in [-0.4, -0.2) is 43.3 Å². The van der Waals surface area contributed by atoms with Crippen molar-refractivity contribution in [1.29, 1.82) is 0 Å². The van der Waals surface area contributed by atoms with Gasteiger partial charge in [0, 0.05) is 11.6 Å². The van der Waals surface area contributed by atoms with E-state index in [2.05, 4.69) is 0 Å². The van der Waals surface area contributed by atoms with Gasteiger partial charge in [-0.25, -0.2) is 4.79 Å². The second-order valence-electron chi connectivity index (χ2n) is 5.53. The molecule has 2 N–H and O–H groups in total. The molecule has 8 heteroatoms. The third-order valence-corrected chi connectivity index (χ3v) is 4.04. The number of hydrogen-bond donors (Lipinski definition) is 2. The molecule has 3 rings (SSSR count). The van der Waals surface area contributed by atoms with Crippen LogP contribution >= 0.6 is 0 Å². The predicted octanol–water partition coefficient (Wildman–Crippen LogP) is 2.52. The summed E-state index contributed by atoms with van der Waals surface area (Å²) in [5, 5.41) is 19.5.